The summed E-state index contributed by atoms with van der Waals surface area (Å²) in [6, 6.07) is 34.7. The Balaban J connectivity index is 1.34. The van der Waals surface area contributed by atoms with Crippen LogP contribution in [0, 0.1) is 12.3 Å². The van der Waals surface area contributed by atoms with E-state index in [1.807, 2.05) is 12.1 Å². The van der Waals surface area contributed by atoms with E-state index < -0.39 is 0 Å². The normalized spacial score (nSPS) is 17.3. The highest BCUT2D eigenvalue weighted by Crippen LogP contribution is 2.40. The molecule has 0 saturated heterocycles. The average Bonchev–Trinajstić information content (AvgIpc) is 4.09. The van der Waals surface area contributed by atoms with Crippen molar-refractivity contribution in [2.45, 2.75) is 78.6 Å². The average molecular weight is 805 g/mol. The van der Waals surface area contributed by atoms with Crippen LogP contribution in [0.1, 0.15) is 107 Å². The van der Waals surface area contributed by atoms with Gasteiger partial charge in [-0.25, -0.2) is 20.0 Å². The van der Waals surface area contributed by atoms with Crippen molar-refractivity contribution >= 4 is 45.1 Å². The number of fused-ring (bicyclic) bond motifs is 4. The first-order valence-electron chi connectivity index (χ1n) is 21.5. The summed E-state index contributed by atoms with van der Waals surface area (Å²) in [7, 11) is 0. The highest BCUT2D eigenvalue weighted by molar-refractivity contribution is 6.39. The van der Waals surface area contributed by atoms with Gasteiger partial charge in [-0.1, -0.05) is 153 Å². The van der Waals surface area contributed by atoms with Crippen LogP contribution in [0.3, 0.4) is 0 Å². The third-order valence-electron chi connectivity index (χ3n) is 12.1. The number of terminal acetylenes is 1. The van der Waals surface area contributed by atoms with Crippen molar-refractivity contribution in [2.24, 2.45) is 20.0 Å². The molecule has 4 heteroatoms. The molecule has 4 aromatic carbocycles. The third kappa shape index (κ3) is 7.65. The lowest BCUT2D eigenvalue weighted by Crippen LogP contribution is -2.11. The van der Waals surface area contributed by atoms with E-state index >= 15 is 0 Å². The fourth-order valence-corrected chi connectivity index (χ4v) is 8.41. The monoisotopic (exact) mass is 804 g/mol. The van der Waals surface area contributed by atoms with Gasteiger partial charge in [0.25, 0.3) is 0 Å². The molecule has 8 bridgehead atoms. The molecule has 5 aliphatic rings. The Kier molecular flexibility index (Phi) is 9.91. The van der Waals surface area contributed by atoms with E-state index in [2.05, 4.69) is 202 Å². The summed E-state index contributed by atoms with van der Waals surface area (Å²) in [4.78, 5) is 21.9. The molecule has 0 saturated carbocycles. The van der Waals surface area contributed by atoms with Crippen LogP contribution in [0.25, 0.3) is 22.3 Å². The van der Waals surface area contributed by atoms with Gasteiger partial charge in [0.05, 0.1) is 45.6 Å². The van der Waals surface area contributed by atoms with Crippen LogP contribution in [0.5, 0.6) is 0 Å². The Morgan fingerprint density at radius 2 is 0.548 bits per heavy atom. The number of hydrogen-bond donors (Lipinski definition) is 0. The molecule has 0 unspecified atom stereocenters. The summed E-state index contributed by atoms with van der Waals surface area (Å²) in [6.07, 6.45) is 22.8. The molecular weight excluding hydrogens is 753 g/mol. The van der Waals surface area contributed by atoms with Crippen LogP contribution in [0.15, 0.2) is 188 Å². The van der Waals surface area contributed by atoms with Gasteiger partial charge in [-0.05, 0) is 116 Å². The minimum Gasteiger partial charge on any atom is -0.248 e. The Labute approximate surface area is 367 Å². The van der Waals surface area contributed by atoms with Crippen molar-refractivity contribution in [1.29, 1.82) is 0 Å². The second-order valence-electron chi connectivity index (χ2n) is 19.6. The number of benzene rings is 4. The van der Waals surface area contributed by atoms with Crippen LogP contribution in [0.2, 0.25) is 0 Å². The molecule has 0 aromatic heterocycles. The molecule has 0 atom stereocenters. The molecule has 4 nitrogen and oxygen atoms in total. The molecule has 0 fully saturated rings. The van der Waals surface area contributed by atoms with Crippen molar-refractivity contribution in [3.63, 3.8) is 0 Å². The lowest BCUT2D eigenvalue weighted by atomic mass is 9.85. The van der Waals surface area contributed by atoms with Crippen molar-refractivity contribution in [3.05, 3.63) is 213 Å². The third-order valence-corrected chi connectivity index (χ3v) is 12.1. The molecule has 0 aliphatic carbocycles. The van der Waals surface area contributed by atoms with E-state index in [-0.39, 0.29) is 16.2 Å². The standard InChI is InChI=1S/C58H52N4/c1-11-36-12-14-37(15-13-36)52-44-28-30-46(59-44)53(38-16-22-41(23-17-38)56(2,3)4)48-32-34-50(61-48)55(40-20-26-43(27-21-40)58(8,9)10)51-35-33-49(62-51)54(47-31-29-45(52)60-47)39-18-24-42(25-19-39)57(5,6)7/h1,12-35H,2-10H3. The summed E-state index contributed by atoms with van der Waals surface area (Å²) < 4.78 is 0. The summed E-state index contributed by atoms with van der Waals surface area (Å²) >= 11 is 0. The largest absolute Gasteiger partial charge is 0.248 e. The number of nitrogens with zero attached hydrogens (tertiary/aromatic N) is 4. The number of hydrogen-bond acceptors (Lipinski definition) is 4. The first-order chi connectivity index (χ1) is 29.5. The Morgan fingerprint density at radius 1 is 0.323 bits per heavy atom. The fraction of sp³-hybridized carbons (Fsp3) is 0.207. The molecule has 0 radical (unpaired) electrons. The highest BCUT2D eigenvalue weighted by atomic mass is 14.9. The molecule has 9 rings (SSSR count). The fourth-order valence-electron chi connectivity index (χ4n) is 8.41. The van der Waals surface area contributed by atoms with Crippen molar-refractivity contribution in [1.82, 2.24) is 0 Å². The van der Waals surface area contributed by atoms with Crippen molar-refractivity contribution < 1.29 is 0 Å². The topological polar surface area (TPSA) is 49.4 Å². The zero-order valence-electron chi connectivity index (χ0n) is 37.2. The van der Waals surface area contributed by atoms with Gasteiger partial charge < -0.3 is 0 Å². The van der Waals surface area contributed by atoms with Crippen molar-refractivity contribution in [3.8, 4) is 12.3 Å². The van der Waals surface area contributed by atoms with Gasteiger partial charge in [0.15, 0.2) is 0 Å². The molecule has 0 amide bonds. The van der Waals surface area contributed by atoms with Crippen molar-refractivity contribution in [2.75, 3.05) is 0 Å². The van der Waals surface area contributed by atoms with E-state index in [0.29, 0.717) is 0 Å². The molecular formula is C58H52N4. The van der Waals surface area contributed by atoms with E-state index in [0.717, 1.165) is 95.7 Å². The lowest BCUT2D eigenvalue weighted by Gasteiger charge is -2.20. The van der Waals surface area contributed by atoms with E-state index in [1.165, 1.54) is 16.7 Å². The van der Waals surface area contributed by atoms with E-state index in [1.54, 1.807) is 0 Å². The second-order valence-corrected chi connectivity index (χ2v) is 19.6. The predicted molar refractivity (Wildman–Crippen MR) is 264 cm³/mol. The van der Waals surface area contributed by atoms with Crippen LogP contribution >= 0.6 is 0 Å². The van der Waals surface area contributed by atoms with Gasteiger partial charge in [0, 0.05) is 27.9 Å². The van der Waals surface area contributed by atoms with Crippen LogP contribution in [-0.4, -0.2) is 22.8 Å². The molecule has 0 N–H and O–H groups in total. The highest BCUT2D eigenvalue weighted by Gasteiger charge is 2.28. The number of allylic oxidation sites excluding steroid dienone is 12. The Morgan fingerprint density at radius 3 is 0.758 bits per heavy atom. The SMILES string of the molecule is C#Cc1ccc(C2=C3C=CC(=N3)C(c3ccc(C(C)(C)C)cc3)=C3C=CC(=N3)C(c3ccc(C(C)(C)C)cc3)=C3C=CC(=N3)C(c3ccc(C(C)(C)C)cc3)=C3C=CC2=N3)cc1. The quantitative estimate of drug-likeness (QED) is 0.185. The summed E-state index contributed by atoms with van der Waals surface area (Å²) in [6.45, 7) is 20.2. The van der Waals surface area contributed by atoms with E-state index in [4.69, 9.17) is 26.4 Å². The van der Waals surface area contributed by atoms with Crippen LogP contribution in [-0.2, 0) is 16.2 Å². The second kappa shape index (κ2) is 15.2. The minimum absolute atomic E-state index is 0.0102. The predicted octanol–water partition coefficient (Wildman–Crippen LogP) is 13.6. The van der Waals surface area contributed by atoms with Gasteiger partial charge in [-0.3, -0.25) is 0 Å². The summed E-state index contributed by atoms with van der Waals surface area (Å²) in [5, 5.41) is 0. The summed E-state index contributed by atoms with van der Waals surface area (Å²) in [5.41, 5.74) is 19.3. The molecule has 5 heterocycles. The molecule has 5 aliphatic heterocycles. The maximum Gasteiger partial charge on any atom is 0.0738 e. The zero-order chi connectivity index (χ0) is 43.6. The molecule has 304 valence electrons. The first kappa shape index (κ1) is 40.4. The molecule has 62 heavy (non-hydrogen) atoms. The van der Waals surface area contributed by atoms with Gasteiger partial charge in [0.1, 0.15) is 0 Å². The minimum atomic E-state index is 0.0102. The van der Waals surface area contributed by atoms with E-state index in [9.17, 15) is 0 Å². The summed E-state index contributed by atoms with van der Waals surface area (Å²) in [5.74, 6) is 2.77. The number of aliphatic imine (C=N–C) groups is 4. The zero-order valence-corrected chi connectivity index (χ0v) is 37.2. The molecule has 4 aromatic rings. The van der Waals surface area contributed by atoms with Crippen LogP contribution in [0.4, 0.5) is 0 Å². The molecule has 0 spiro atoms. The smallest absolute Gasteiger partial charge is 0.0738 e. The maximum atomic E-state index is 5.82. The number of rotatable bonds is 4. The maximum absolute atomic E-state index is 5.82. The van der Waals surface area contributed by atoms with Crippen LogP contribution < -0.4 is 0 Å². The Hall–Kier alpha value is -6.96. The van der Waals surface area contributed by atoms with Gasteiger partial charge in [-0.15, -0.1) is 6.42 Å². The first-order valence-corrected chi connectivity index (χ1v) is 21.5. The van der Waals surface area contributed by atoms with Gasteiger partial charge in [0.2, 0.25) is 0 Å². The lowest BCUT2D eigenvalue weighted by molar-refractivity contribution is 0.590. The van der Waals surface area contributed by atoms with Gasteiger partial charge >= 0.3 is 0 Å². The van der Waals surface area contributed by atoms with Gasteiger partial charge in [-0.2, -0.15) is 0 Å². The Bertz CT molecular complexity index is 2910.